The van der Waals surface area contributed by atoms with E-state index in [-0.39, 0.29) is 0 Å². The summed E-state index contributed by atoms with van der Waals surface area (Å²) >= 11 is 6.90. The van der Waals surface area contributed by atoms with Gasteiger partial charge in [0.2, 0.25) is 0 Å². The molecule has 2 unspecified atom stereocenters. The minimum absolute atomic E-state index is 0.406. The summed E-state index contributed by atoms with van der Waals surface area (Å²) in [6.45, 7) is 2.29. The van der Waals surface area contributed by atoms with Crippen LogP contribution < -0.4 is 5.73 Å². The van der Waals surface area contributed by atoms with E-state index in [1.165, 1.54) is 12.8 Å². The zero-order valence-corrected chi connectivity index (χ0v) is 14.9. The van der Waals surface area contributed by atoms with Crippen LogP contribution in [0.3, 0.4) is 0 Å². The molecule has 0 bridgehead atoms. The van der Waals surface area contributed by atoms with Gasteiger partial charge in [0, 0.05) is 14.9 Å². The smallest absolute Gasteiger partial charge is 0.260 e. The van der Waals surface area contributed by atoms with E-state index >= 15 is 0 Å². The second-order valence-corrected chi connectivity index (χ2v) is 7.55. The lowest BCUT2D eigenvalue weighted by Gasteiger charge is -2.23. The van der Waals surface area contributed by atoms with Crippen LogP contribution in [0.5, 0.6) is 0 Å². The first kappa shape index (κ1) is 15.0. The van der Waals surface area contributed by atoms with Crippen molar-refractivity contribution < 1.29 is 4.52 Å². The molecule has 1 fully saturated rings. The third-order valence-corrected chi connectivity index (χ3v) is 5.18. The van der Waals surface area contributed by atoms with Gasteiger partial charge in [0.15, 0.2) is 5.82 Å². The second kappa shape index (κ2) is 6.08. The van der Waals surface area contributed by atoms with Gasteiger partial charge in [-0.2, -0.15) is 4.98 Å². The molecule has 2 atom stereocenters. The molecule has 1 saturated carbocycles. The van der Waals surface area contributed by atoms with Crippen molar-refractivity contribution in [1.82, 2.24) is 10.1 Å². The molecule has 2 aromatic rings. The first-order valence-electron chi connectivity index (χ1n) is 7.13. The average Bonchev–Trinajstić information content (AvgIpc) is 2.92. The Morgan fingerprint density at radius 2 is 2.10 bits per heavy atom. The van der Waals surface area contributed by atoms with E-state index in [4.69, 9.17) is 10.3 Å². The van der Waals surface area contributed by atoms with Crippen molar-refractivity contribution in [3.8, 4) is 11.5 Å². The van der Waals surface area contributed by atoms with E-state index in [9.17, 15) is 0 Å². The van der Waals surface area contributed by atoms with Gasteiger partial charge in [-0.25, -0.2) is 0 Å². The van der Waals surface area contributed by atoms with E-state index in [1.54, 1.807) is 0 Å². The maximum atomic E-state index is 6.10. The fraction of sp³-hybridized carbons (Fsp3) is 0.467. The monoisotopic (exact) mass is 413 g/mol. The van der Waals surface area contributed by atoms with Crippen molar-refractivity contribution in [2.45, 2.75) is 38.5 Å². The summed E-state index contributed by atoms with van der Waals surface area (Å²) in [4.78, 5) is 4.58. The molecule has 4 nitrogen and oxygen atoms in total. The number of anilines is 1. The van der Waals surface area contributed by atoms with Gasteiger partial charge in [-0.1, -0.05) is 40.9 Å². The summed E-state index contributed by atoms with van der Waals surface area (Å²) in [7, 11) is 0. The topological polar surface area (TPSA) is 64.9 Å². The number of aromatic nitrogens is 2. The van der Waals surface area contributed by atoms with Gasteiger partial charge < -0.3 is 10.3 Å². The number of hydrogen-bond acceptors (Lipinski definition) is 4. The Balaban J connectivity index is 1.91. The van der Waals surface area contributed by atoms with Crippen LogP contribution in [0, 0.1) is 5.92 Å². The van der Waals surface area contributed by atoms with Crippen molar-refractivity contribution in [1.29, 1.82) is 0 Å². The van der Waals surface area contributed by atoms with Gasteiger partial charge >= 0.3 is 0 Å². The summed E-state index contributed by atoms with van der Waals surface area (Å²) in [5.41, 5.74) is 7.48. The molecule has 112 valence electrons. The molecule has 0 radical (unpaired) electrons. The Morgan fingerprint density at radius 3 is 2.86 bits per heavy atom. The Labute approximate surface area is 140 Å². The normalized spacial score (nSPS) is 22.4. The van der Waals surface area contributed by atoms with Crippen LogP contribution in [0.25, 0.3) is 11.5 Å². The maximum absolute atomic E-state index is 6.10. The van der Waals surface area contributed by atoms with Crippen molar-refractivity contribution >= 4 is 37.5 Å². The number of nitrogens with two attached hydrogens (primary N) is 1. The maximum Gasteiger partial charge on any atom is 0.260 e. The Hall–Kier alpha value is -0.880. The lowest BCUT2D eigenvalue weighted by atomic mass is 9.82. The number of nitrogens with zero attached hydrogens (tertiary/aromatic N) is 2. The van der Waals surface area contributed by atoms with Crippen molar-refractivity contribution in [2.75, 3.05) is 5.73 Å². The van der Waals surface area contributed by atoms with Crippen LogP contribution in [0.1, 0.15) is 44.3 Å². The molecule has 1 aliphatic rings. The van der Waals surface area contributed by atoms with E-state index < -0.39 is 0 Å². The Morgan fingerprint density at radius 1 is 1.29 bits per heavy atom. The number of hydrogen-bond donors (Lipinski definition) is 1. The molecular formula is C15H17Br2N3O. The second-order valence-electron chi connectivity index (χ2n) is 5.78. The highest BCUT2D eigenvalue weighted by atomic mass is 79.9. The van der Waals surface area contributed by atoms with Crippen LogP contribution in [-0.4, -0.2) is 10.1 Å². The van der Waals surface area contributed by atoms with Crippen molar-refractivity contribution in [3.63, 3.8) is 0 Å². The molecular weight excluding hydrogens is 398 g/mol. The van der Waals surface area contributed by atoms with Crippen molar-refractivity contribution in [2.24, 2.45) is 5.92 Å². The molecule has 1 aromatic heterocycles. The predicted molar refractivity (Wildman–Crippen MR) is 89.9 cm³/mol. The highest BCUT2D eigenvalue weighted by molar-refractivity contribution is 9.11. The first-order chi connectivity index (χ1) is 10.0. The van der Waals surface area contributed by atoms with Gasteiger partial charge in [-0.05, 0) is 46.8 Å². The molecule has 1 aliphatic carbocycles. The molecule has 0 spiro atoms. The lowest BCUT2D eigenvalue weighted by molar-refractivity contribution is 0.324. The van der Waals surface area contributed by atoms with Crippen LogP contribution in [-0.2, 0) is 0 Å². The van der Waals surface area contributed by atoms with Crippen LogP contribution >= 0.6 is 31.9 Å². The first-order valence-corrected chi connectivity index (χ1v) is 8.71. The number of halogens is 2. The summed E-state index contributed by atoms with van der Waals surface area (Å²) in [5.74, 6) is 2.44. The van der Waals surface area contributed by atoms with Gasteiger partial charge in [0.1, 0.15) is 0 Å². The third-order valence-electron chi connectivity index (χ3n) is 4.07. The number of benzene rings is 1. The number of nitrogen functional groups attached to an aromatic ring is 1. The highest BCUT2D eigenvalue weighted by Crippen LogP contribution is 2.37. The SMILES string of the molecule is CC1CCCC(c2noc(-c3cc(Br)cc(Br)c3N)n2)C1. The molecule has 2 N–H and O–H groups in total. The summed E-state index contributed by atoms with van der Waals surface area (Å²) in [6, 6.07) is 3.81. The van der Waals surface area contributed by atoms with Gasteiger partial charge in [0.05, 0.1) is 11.3 Å². The largest absolute Gasteiger partial charge is 0.397 e. The molecule has 21 heavy (non-hydrogen) atoms. The minimum atomic E-state index is 0.406. The zero-order chi connectivity index (χ0) is 15.0. The molecule has 3 rings (SSSR count). The summed E-state index contributed by atoms with van der Waals surface area (Å²) < 4.78 is 7.19. The van der Waals surface area contributed by atoms with Gasteiger partial charge in [-0.15, -0.1) is 0 Å². The van der Waals surface area contributed by atoms with Crippen molar-refractivity contribution in [3.05, 3.63) is 26.9 Å². The quantitative estimate of drug-likeness (QED) is 0.691. The standard InChI is InChI=1S/C15H17Br2N3O/c1-8-3-2-4-9(5-8)14-19-15(21-20-14)11-6-10(16)7-12(17)13(11)18/h6-9H,2-5,18H2,1H3. The fourth-order valence-electron chi connectivity index (χ4n) is 2.94. The predicted octanol–water partition coefficient (Wildman–Crippen LogP) is 5.14. The fourth-order valence-corrected chi connectivity index (χ4v) is 4.17. The Kier molecular flexibility index (Phi) is 4.36. The zero-order valence-electron chi connectivity index (χ0n) is 11.8. The van der Waals surface area contributed by atoms with E-state index in [1.807, 2.05) is 12.1 Å². The van der Waals surface area contributed by atoms with E-state index in [0.29, 0.717) is 17.5 Å². The molecule has 1 aromatic carbocycles. The third kappa shape index (κ3) is 3.16. The molecule has 6 heteroatoms. The van der Waals surface area contributed by atoms with E-state index in [0.717, 1.165) is 39.1 Å². The highest BCUT2D eigenvalue weighted by Gasteiger charge is 2.25. The average molecular weight is 415 g/mol. The number of rotatable bonds is 2. The molecule has 0 amide bonds. The van der Waals surface area contributed by atoms with Gasteiger partial charge in [-0.3, -0.25) is 0 Å². The Bertz CT molecular complexity index is 656. The van der Waals surface area contributed by atoms with E-state index in [2.05, 4.69) is 48.9 Å². The van der Waals surface area contributed by atoms with Crippen LogP contribution in [0.2, 0.25) is 0 Å². The summed E-state index contributed by atoms with van der Waals surface area (Å²) in [6.07, 6.45) is 4.81. The molecule has 1 heterocycles. The molecule has 0 saturated heterocycles. The minimum Gasteiger partial charge on any atom is -0.397 e. The van der Waals surface area contributed by atoms with Crippen LogP contribution in [0.15, 0.2) is 25.6 Å². The molecule has 0 aliphatic heterocycles. The lowest BCUT2D eigenvalue weighted by Crippen LogP contribution is -2.12. The van der Waals surface area contributed by atoms with Gasteiger partial charge in [0.25, 0.3) is 5.89 Å². The van der Waals surface area contributed by atoms with Crippen LogP contribution in [0.4, 0.5) is 5.69 Å². The summed E-state index contributed by atoms with van der Waals surface area (Å²) in [5, 5.41) is 4.18.